The van der Waals surface area contributed by atoms with Gasteiger partial charge in [-0.05, 0) is 37.1 Å². The van der Waals surface area contributed by atoms with Gasteiger partial charge in [-0.1, -0.05) is 26.0 Å². The highest BCUT2D eigenvalue weighted by molar-refractivity contribution is 5.91. The van der Waals surface area contributed by atoms with E-state index in [0.717, 1.165) is 12.8 Å². The fourth-order valence-electron chi connectivity index (χ4n) is 3.18. The average molecular weight is 424 g/mol. The summed E-state index contributed by atoms with van der Waals surface area (Å²) in [6.07, 6.45) is 2.34. The number of nitrogens with one attached hydrogen (secondary N) is 1. The molecule has 0 unspecified atom stereocenters. The van der Waals surface area contributed by atoms with E-state index in [1.165, 1.54) is 4.57 Å². The largest absolute Gasteiger partial charge is 0.490 e. The van der Waals surface area contributed by atoms with E-state index in [0.29, 0.717) is 53.5 Å². The van der Waals surface area contributed by atoms with Crippen molar-refractivity contribution in [3.05, 3.63) is 58.6 Å². The van der Waals surface area contributed by atoms with E-state index < -0.39 is 0 Å². The second-order valence-corrected chi connectivity index (χ2v) is 7.32. The number of carbonyl (C=O) groups excluding carboxylic acids is 1. The molecule has 0 radical (unpaired) electrons. The molecule has 1 heterocycles. The number of aryl methyl sites for hydroxylation is 1. The summed E-state index contributed by atoms with van der Waals surface area (Å²) in [6, 6.07) is 12.6. The van der Waals surface area contributed by atoms with Crippen LogP contribution in [0.5, 0.6) is 11.5 Å². The predicted molar refractivity (Wildman–Crippen MR) is 122 cm³/mol. The molecule has 31 heavy (non-hydrogen) atoms. The molecule has 1 amide bonds. The molecule has 3 rings (SSSR count). The highest BCUT2D eigenvalue weighted by Gasteiger charge is 2.12. The summed E-state index contributed by atoms with van der Waals surface area (Å²) in [6.45, 7) is 5.25. The van der Waals surface area contributed by atoms with E-state index in [1.54, 1.807) is 31.3 Å². The van der Waals surface area contributed by atoms with Gasteiger partial charge in [0, 0.05) is 31.6 Å². The van der Waals surface area contributed by atoms with E-state index in [2.05, 4.69) is 10.3 Å². The van der Waals surface area contributed by atoms with Crippen LogP contribution in [0.15, 0.2) is 47.3 Å². The number of nitrogens with zero attached hydrogens (tertiary/aromatic N) is 2. The molecule has 0 saturated heterocycles. The molecule has 1 N–H and O–H groups in total. The summed E-state index contributed by atoms with van der Waals surface area (Å²) in [5, 5.41) is 3.47. The lowest BCUT2D eigenvalue weighted by Gasteiger charge is -2.14. The minimum Gasteiger partial charge on any atom is -0.490 e. The third kappa shape index (κ3) is 5.63. The molecule has 0 spiro atoms. The van der Waals surface area contributed by atoms with Crippen LogP contribution in [-0.2, 0) is 18.3 Å². The minimum atomic E-state index is -0.161. The number of carbonyl (C=O) groups is 1. The molecule has 7 heteroatoms. The number of hydrogen-bond donors (Lipinski definition) is 1. The molecular weight excluding hydrogens is 394 g/mol. The number of para-hydroxylation sites is 1. The van der Waals surface area contributed by atoms with Crippen molar-refractivity contribution < 1.29 is 14.3 Å². The second kappa shape index (κ2) is 10.6. The fraction of sp³-hybridized carbons (Fsp3) is 0.375. The molecule has 0 saturated carbocycles. The predicted octanol–water partition coefficient (Wildman–Crippen LogP) is 4.08. The quantitative estimate of drug-likeness (QED) is 0.531. The monoisotopic (exact) mass is 423 g/mol. The highest BCUT2D eigenvalue weighted by atomic mass is 16.5. The summed E-state index contributed by atoms with van der Waals surface area (Å²) in [5.74, 6) is 1.70. The van der Waals surface area contributed by atoms with Crippen LogP contribution in [0.3, 0.4) is 0 Å². The molecular formula is C24H29N3O4. The smallest absolute Gasteiger partial charge is 0.261 e. The first-order valence-corrected chi connectivity index (χ1v) is 10.7. The summed E-state index contributed by atoms with van der Waals surface area (Å²) < 4.78 is 13.0. The zero-order valence-corrected chi connectivity index (χ0v) is 18.3. The number of aromatic nitrogens is 2. The summed E-state index contributed by atoms with van der Waals surface area (Å²) in [5.41, 5.74) is 1.17. The Bertz CT molecular complexity index is 1110. The van der Waals surface area contributed by atoms with Gasteiger partial charge in [0.1, 0.15) is 5.82 Å². The molecule has 0 bridgehead atoms. The first kappa shape index (κ1) is 22.3. The van der Waals surface area contributed by atoms with Crippen molar-refractivity contribution in [1.29, 1.82) is 0 Å². The third-order valence-corrected chi connectivity index (χ3v) is 4.80. The van der Waals surface area contributed by atoms with Crippen LogP contribution in [0.25, 0.3) is 10.9 Å². The number of rotatable bonds is 10. The van der Waals surface area contributed by atoms with Gasteiger partial charge in [0.25, 0.3) is 5.56 Å². The van der Waals surface area contributed by atoms with Crippen molar-refractivity contribution >= 4 is 22.5 Å². The molecule has 0 aliphatic rings. The summed E-state index contributed by atoms with van der Waals surface area (Å²) in [7, 11) is 1.68. The van der Waals surface area contributed by atoms with Crippen molar-refractivity contribution in [1.82, 2.24) is 9.55 Å². The van der Waals surface area contributed by atoms with Crippen LogP contribution < -0.4 is 20.3 Å². The lowest BCUT2D eigenvalue weighted by Crippen LogP contribution is -2.23. The highest BCUT2D eigenvalue weighted by Crippen LogP contribution is 2.31. The lowest BCUT2D eigenvalue weighted by molar-refractivity contribution is -0.116. The number of ether oxygens (including phenoxy) is 2. The zero-order chi connectivity index (χ0) is 22.2. The maximum absolute atomic E-state index is 12.5. The number of anilines is 1. The van der Waals surface area contributed by atoms with Gasteiger partial charge in [0.15, 0.2) is 11.5 Å². The molecule has 0 aliphatic carbocycles. The Hall–Kier alpha value is -3.35. The SMILES string of the molecule is CCCOc1ccc(NC(=O)CCc2nc3ccccc3c(=O)n2C)cc1OCCC. The number of amides is 1. The van der Waals surface area contributed by atoms with Crippen molar-refractivity contribution in [2.75, 3.05) is 18.5 Å². The van der Waals surface area contributed by atoms with Crippen molar-refractivity contribution in [2.24, 2.45) is 7.05 Å². The first-order chi connectivity index (χ1) is 15.0. The van der Waals surface area contributed by atoms with E-state index in [-0.39, 0.29) is 17.9 Å². The average Bonchev–Trinajstić information content (AvgIpc) is 2.78. The summed E-state index contributed by atoms with van der Waals surface area (Å²) in [4.78, 5) is 29.6. The molecule has 7 nitrogen and oxygen atoms in total. The maximum atomic E-state index is 12.5. The van der Waals surface area contributed by atoms with Gasteiger partial charge in [-0.3, -0.25) is 14.2 Å². The van der Waals surface area contributed by atoms with Crippen LogP contribution in [0.4, 0.5) is 5.69 Å². The van der Waals surface area contributed by atoms with Crippen LogP contribution in [-0.4, -0.2) is 28.7 Å². The third-order valence-electron chi connectivity index (χ3n) is 4.80. The Morgan fingerprint density at radius 2 is 1.74 bits per heavy atom. The topological polar surface area (TPSA) is 82.5 Å². The van der Waals surface area contributed by atoms with Gasteiger partial charge in [-0.2, -0.15) is 0 Å². The van der Waals surface area contributed by atoms with E-state index >= 15 is 0 Å². The molecule has 164 valence electrons. The Morgan fingerprint density at radius 1 is 1.03 bits per heavy atom. The second-order valence-electron chi connectivity index (χ2n) is 7.32. The van der Waals surface area contributed by atoms with Gasteiger partial charge in [-0.15, -0.1) is 0 Å². The molecule has 0 aliphatic heterocycles. The van der Waals surface area contributed by atoms with E-state index in [4.69, 9.17) is 9.47 Å². The van der Waals surface area contributed by atoms with Crippen LogP contribution >= 0.6 is 0 Å². The van der Waals surface area contributed by atoms with Gasteiger partial charge in [0.05, 0.1) is 24.1 Å². The molecule has 3 aromatic rings. The van der Waals surface area contributed by atoms with Crippen molar-refractivity contribution in [3.8, 4) is 11.5 Å². The van der Waals surface area contributed by atoms with Crippen molar-refractivity contribution in [3.63, 3.8) is 0 Å². The fourth-order valence-corrected chi connectivity index (χ4v) is 3.18. The Kier molecular flexibility index (Phi) is 7.65. The number of benzene rings is 2. The summed E-state index contributed by atoms with van der Waals surface area (Å²) >= 11 is 0. The van der Waals surface area contributed by atoms with Crippen LogP contribution in [0.2, 0.25) is 0 Å². The van der Waals surface area contributed by atoms with Gasteiger partial charge in [-0.25, -0.2) is 4.98 Å². The zero-order valence-electron chi connectivity index (χ0n) is 18.3. The van der Waals surface area contributed by atoms with Gasteiger partial charge in [0.2, 0.25) is 5.91 Å². The van der Waals surface area contributed by atoms with E-state index in [1.807, 2.05) is 32.0 Å². The molecule has 1 aromatic heterocycles. The maximum Gasteiger partial charge on any atom is 0.261 e. The number of fused-ring (bicyclic) bond motifs is 1. The minimum absolute atomic E-state index is 0.110. The molecule has 2 aromatic carbocycles. The normalized spacial score (nSPS) is 10.8. The number of hydrogen-bond acceptors (Lipinski definition) is 5. The Balaban J connectivity index is 1.69. The van der Waals surface area contributed by atoms with Gasteiger partial charge < -0.3 is 14.8 Å². The first-order valence-electron chi connectivity index (χ1n) is 10.7. The van der Waals surface area contributed by atoms with Crippen molar-refractivity contribution in [2.45, 2.75) is 39.5 Å². The Morgan fingerprint density at radius 3 is 2.48 bits per heavy atom. The van der Waals surface area contributed by atoms with Crippen LogP contribution in [0, 0.1) is 0 Å². The molecule has 0 atom stereocenters. The lowest BCUT2D eigenvalue weighted by atomic mass is 10.2. The van der Waals surface area contributed by atoms with Crippen LogP contribution in [0.1, 0.15) is 38.9 Å². The van der Waals surface area contributed by atoms with Gasteiger partial charge >= 0.3 is 0 Å². The Labute approximate surface area is 182 Å². The standard InChI is InChI=1S/C24H29N3O4/c1-4-14-30-20-11-10-17(16-21(20)31-15-5-2)25-23(28)13-12-22-26-19-9-7-6-8-18(19)24(29)27(22)3/h6-11,16H,4-5,12-15H2,1-3H3,(H,25,28). The van der Waals surface area contributed by atoms with E-state index in [9.17, 15) is 9.59 Å². The molecule has 0 fully saturated rings.